The Bertz CT molecular complexity index is 1310. The number of carbonyl (C=O) groups excluding carboxylic acids is 3. The van der Waals surface area contributed by atoms with E-state index in [1.54, 1.807) is 6.07 Å². The normalized spacial score (nSPS) is 11.7. The number of ether oxygens (including phenoxy) is 3. The van der Waals surface area contributed by atoms with Crippen molar-refractivity contribution in [3.63, 3.8) is 0 Å². The zero-order valence-electron chi connectivity index (χ0n) is 41.2. The van der Waals surface area contributed by atoms with E-state index in [1.165, 1.54) is 147 Å². The summed E-state index contributed by atoms with van der Waals surface area (Å²) < 4.78 is 16.9. The van der Waals surface area contributed by atoms with Gasteiger partial charge in [0.05, 0.1) is 36.5 Å². The molecule has 0 aliphatic carbocycles. The Kier molecular flexibility index (Phi) is 41.7. The largest absolute Gasteiger partial charge is 0.462 e. The molecule has 1 aromatic rings. The highest BCUT2D eigenvalue weighted by molar-refractivity contribution is 6.05. The van der Waals surface area contributed by atoms with Crippen molar-refractivity contribution in [1.29, 1.82) is 0 Å². The van der Waals surface area contributed by atoms with E-state index in [-0.39, 0.29) is 29.9 Å². The van der Waals surface area contributed by atoms with Crippen molar-refractivity contribution in [3.8, 4) is 0 Å². The van der Waals surface area contributed by atoms with Crippen LogP contribution in [0.3, 0.4) is 0 Å². The number of esters is 3. The molecule has 6 heteroatoms. The molecule has 0 aliphatic heterocycles. The zero-order valence-corrected chi connectivity index (χ0v) is 41.2. The summed E-state index contributed by atoms with van der Waals surface area (Å²) in [7, 11) is 0. The molecule has 0 radical (unpaired) electrons. The maximum absolute atomic E-state index is 13.4. The number of unbranched alkanes of at least 4 members (excludes halogenated alkanes) is 30. The van der Waals surface area contributed by atoms with Crippen molar-refractivity contribution in [2.75, 3.05) is 19.8 Å². The van der Waals surface area contributed by atoms with Gasteiger partial charge >= 0.3 is 17.9 Å². The topological polar surface area (TPSA) is 78.9 Å². The summed E-state index contributed by atoms with van der Waals surface area (Å²) in [6.07, 6.45) is 56.6. The molecule has 0 aromatic heterocycles. The van der Waals surface area contributed by atoms with Gasteiger partial charge in [0.15, 0.2) is 0 Å². The molecule has 63 heavy (non-hydrogen) atoms. The summed E-state index contributed by atoms with van der Waals surface area (Å²) in [4.78, 5) is 39.7. The molecule has 0 spiro atoms. The second-order valence-electron chi connectivity index (χ2n) is 17.9. The van der Waals surface area contributed by atoms with Crippen LogP contribution in [-0.4, -0.2) is 37.7 Å². The van der Waals surface area contributed by atoms with E-state index in [1.807, 2.05) is 0 Å². The summed E-state index contributed by atoms with van der Waals surface area (Å²) in [5, 5.41) is 0. The molecule has 0 aliphatic rings. The van der Waals surface area contributed by atoms with Gasteiger partial charge in [-0.25, -0.2) is 14.4 Å². The van der Waals surface area contributed by atoms with Gasteiger partial charge in [-0.2, -0.15) is 0 Å². The van der Waals surface area contributed by atoms with Gasteiger partial charge in [0.2, 0.25) is 0 Å². The highest BCUT2D eigenvalue weighted by atomic mass is 16.5. The highest BCUT2D eigenvalue weighted by Crippen LogP contribution is 2.19. The summed E-state index contributed by atoms with van der Waals surface area (Å²) in [5.74, 6) is -1.69. The van der Waals surface area contributed by atoms with Gasteiger partial charge < -0.3 is 14.2 Å². The van der Waals surface area contributed by atoms with Gasteiger partial charge in [-0.1, -0.05) is 173 Å². The molecule has 0 unspecified atom stereocenters. The number of benzene rings is 1. The predicted octanol–water partition coefficient (Wildman–Crippen LogP) is 17.9. The highest BCUT2D eigenvalue weighted by Gasteiger charge is 2.22. The van der Waals surface area contributed by atoms with E-state index >= 15 is 0 Å². The maximum Gasteiger partial charge on any atom is 0.339 e. The lowest BCUT2D eigenvalue weighted by Crippen LogP contribution is -2.17. The standard InChI is InChI=1S/C57H96O6/c1-4-7-10-13-16-19-22-25-28-31-34-37-40-43-48-61-55(58)52-46-47-53(56(59)62-49-44-41-38-35-32-29-26-23-20-17-14-11-8-5-2)54(51-52)57(60)63-50-45-42-39-36-33-30-27-24-21-18-15-12-9-6-3/h28-33,46-47,51H,4-27,34-45,48-50H2,1-3H3/b31-28+,32-29+,33-30+. The predicted molar refractivity (Wildman–Crippen MR) is 268 cm³/mol. The molecule has 0 N–H and O–H groups in total. The minimum atomic E-state index is -0.616. The SMILES string of the molecule is CCCCCCCCC/C=C/CCCCCOC(=O)c1ccc(C(=O)OCCCCC/C=C/CCCCCCCCC)c(C(=O)OCCCCC/C=C/CCCCCCCCC)c1. The monoisotopic (exact) mass is 877 g/mol. The van der Waals surface area contributed by atoms with Crippen LogP contribution in [-0.2, 0) is 14.2 Å². The van der Waals surface area contributed by atoms with E-state index in [9.17, 15) is 14.4 Å². The van der Waals surface area contributed by atoms with Crippen LogP contribution in [0.15, 0.2) is 54.7 Å². The van der Waals surface area contributed by atoms with Crippen LogP contribution in [0.25, 0.3) is 0 Å². The lowest BCUT2D eigenvalue weighted by molar-refractivity contribution is 0.0448. The van der Waals surface area contributed by atoms with Gasteiger partial charge in [-0.15, -0.1) is 0 Å². The molecule has 0 saturated heterocycles. The van der Waals surface area contributed by atoms with Gasteiger partial charge in [-0.3, -0.25) is 0 Å². The molecule has 0 atom stereocenters. The van der Waals surface area contributed by atoms with Crippen molar-refractivity contribution >= 4 is 17.9 Å². The number of carbonyl (C=O) groups is 3. The van der Waals surface area contributed by atoms with Gasteiger partial charge in [-0.05, 0) is 134 Å². The lowest BCUT2D eigenvalue weighted by atomic mass is 10.0. The van der Waals surface area contributed by atoms with Crippen LogP contribution in [0.1, 0.15) is 283 Å². The van der Waals surface area contributed by atoms with E-state index < -0.39 is 17.9 Å². The van der Waals surface area contributed by atoms with E-state index in [4.69, 9.17) is 14.2 Å². The van der Waals surface area contributed by atoms with Crippen LogP contribution in [0, 0.1) is 0 Å². The molecular formula is C57H96O6. The Morgan fingerprint density at radius 3 is 0.937 bits per heavy atom. The van der Waals surface area contributed by atoms with E-state index in [0.717, 1.165) is 96.3 Å². The first-order valence-corrected chi connectivity index (χ1v) is 26.6. The smallest absolute Gasteiger partial charge is 0.339 e. The van der Waals surface area contributed by atoms with E-state index in [0.29, 0.717) is 6.61 Å². The summed E-state index contributed by atoms with van der Waals surface area (Å²) >= 11 is 0. The molecule has 0 bridgehead atoms. The molecule has 0 saturated carbocycles. The third-order valence-electron chi connectivity index (χ3n) is 11.9. The van der Waals surface area contributed by atoms with Crippen molar-refractivity contribution in [1.82, 2.24) is 0 Å². The summed E-state index contributed by atoms with van der Waals surface area (Å²) in [5.41, 5.74) is 0.406. The van der Waals surface area contributed by atoms with E-state index in [2.05, 4.69) is 57.2 Å². The number of allylic oxidation sites excluding steroid dienone is 6. The van der Waals surface area contributed by atoms with Crippen LogP contribution < -0.4 is 0 Å². The molecule has 1 rings (SSSR count). The second kappa shape index (κ2) is 45.4. The molecule has 1 aromatic carbocycles. The van der Waals surface area contributed by atoms with Crippen molar-refractivity contribution < 1.29 is 28.6 Å². The van der Waals surface area contributed by atoms with Gasteiger partial charge in [0.25, 0.3) is 0 Å². The lowest BCUT2D eigenvalue weighted by Gasteiger charge is -2.12. The number of rotatable bonds is 45. The molecule has 0 heterocycles. The summed E-state index contributed by atoms with van der Waals surface area (Å²) in [6, 6.07) is 4.49. The second-order valence-corrected chi connectivity index (χ2v) is 17.9. The van der Waals surface area contributed by atoms with Crippen LogP contribution in [0.4, 0.5) is 0 Å². The number of hydrogen-bond donors (Lipinski definition) is 0. The minimum Gasteiger partial charge on any atom is -0.462 e. The van der Waals surface area contributed by atoms with Crippen molar-refractivity contribution in [2.45, 2.75) is 252 Å². The quantitative estimate of drug-likeness (QED) is 0.0281. The molecule has 0 amide bonds. The average Bonchev–Trinajstić information content (AvgIpc) is 3.29. The molecule has 0 fully saturated rings. The zero-order chi connectivity index (χ0) is 45.5. The minimum absolute atomic E-state index is 0.0529. The Morgan fingerprint density at radius 2 is 0.603 bits per heavy atom. The maximum atomic E-state index is 13.4. The Hall–Kier alpha value is -3.15. The van der Waals surface area contributed by atoms with Crippen LogP contribution in [0.5, 0.6) is 0 Å². The molecule has 360 valence electrons. The fourth-order valence-electron chi connectivity index (χ4n) is 7.74. The first-order valence-electron chi connectivity index (χ1n) is 26.6. The Balaban J connectivity index is 2.53. The Morgan fingerprint density at radius 1 is 0.333 bits per heavy atom. The molecular weight excluding hydrogens is 781 g/mol. The fraction of sp³-hybridized carbons (Fsp3) is 0.737. The number of hydrogen-bond acceptors (Lipinski definition) is 6. The van der Waals surface area contributed by atoms with Crippen LogP contribution in [0.2, 0.25) is 0 Å². The third kappa shape index (κ3) is 35.8. The molecule has 6 nitrogen and oxygen atoms in total. The Labute approximate surface area is 388 Å². The van der Waals surface area contributed by atoms with Crippen molar-refractivity contribution in [2.24, 2.45) is 0 Å². The first kappa shape index (κ1) is 57.9. The van der Waals surface area contributed by atoms with Gasteiger partial charge in [0.1, 0.15) is 0 Å². The third-order valence-corrected chi connectivity index (χ3v) is 11.9. The fourth-order valence-corrected chi connectivity index (χ4v) is 7.74. The summed E-state index contributed by atoms with van der Waals surface area (Å²) in [6.45, 7) is 7.62. The van der Waals surface area contributed by atoms with Crippen LogP contribution >= 0.6 is 0 Å². The van der Waals surface area contributed by atoms with Crippen molar-refractivity contribution in [3.05, 3.63) is 71.3 Å². The van der Waals surface area contributed by atoms with Gasteiger partial charge in [0, 0.05) is 0 Å². The first-order chi connectivity index (χ1) is 31.0. The average molecular weight is 877 g/mol.